The van der Waals surface area contributed by atoms with Gasteiger partial charge in [0.1, 0.15) is 0 Å². The Kier molecular flexibility index (Phi) is 5.37. The molecule has 0 aromatic carbocycles. The second kappa shape index (κ2) is 6.44. The van der Waals surface area contributed by atoms with E-state index in [0.717, 1.165) is 32.7 Å². The summed E-state index contributed by atoms with van der Waals surface area (Å²) >= 11 is 0. The highest BCUT2D eigenvalue weighted by atomic mass is 16.5. The minimum atomic E-state index is 0.926. The Labute approximate surface area is 75.9 Å². The van der Waals surface area contributed by atoms with Gasteiger partial charge in [0.15, 0.2) is 0 Å². The molecule has 0 unspecified atom stereocenters. The van der Waals surface area contributed by atoms with E-state index in [4.69, 9.17) is 4.74 Å². The van der Waals surface area contributed by atoms with Gasteiger partial charge in [-0.1, -0.05) is 26.2 Å². The molecular formula is C10H20NO. The van der Waals surface area contributed by atoms with Crippen molar-refractivity contribution < 1.29 is 4.74 Å². The molecule has 0 N–H and O–H groups in total. The van der Waals surface area contributed by atoms with Crippen molar-refractivity contribution in [2.24, 2.45) is 0 Å². The van der Waals surface area contributed by atoms with Gasteiger partial charge in [0, 0.05) is 13.1 Å². The Balaban J connectivity index is 1.91. The van der Waals surface area contributed by atoms with E-state index in [2.05, 4.69) is 11.8 Å². The van der Waals surface area contributed by atoms with Crippen LogP contribution in [0.25, 0.3) is 0 Å². The second-order valence-electron chi connectivity index (χ2n) is 3.37. The van der Waals surface area contributed by atoms with Gasteiger partial charge < -0.3 is 4.74 Å². The Morgan fingerprint density at radius 2 is 1.83 bits per heavy atom. The average Bonchev–Trinajstić information content (AvgIpc) is 2.14. The van der Waals surface area contributed by atoms with E-state index in [1.807, 2.05) is 0 Å². The maximum atomic E-state index is 5.28. The van der Waals surface area contributed by atoms with Gasteiger partial charge in [-0.2, -0.15) is 0 Å². The van der Waals surface area contributed by atoms with E-state index in [0.29, 0.717) is 0 Å². The lowest BCUT2D eigenvalue weighted by Gasteiger charge is -2.26. The zero-order valence-electron chi connectivity index (χ0n) is 7.93. The van der Waals surface area contributed by atoms with E-state index in [-0.39, 0.29) is 0 Å². The third kappa shape index (κ3) is 4.07. The van der Waals surface area contributed by atoms with Gasteiger partial charge in [-0.15, -0.1) is 0 Å². The molecule has 0 aromatic heterocycles. The van der Waals surface area contributed by atoms with E-state index in [9.17, 15) is 0 Å². The van der Waals surface area contributed by atoms with Crippen LogP contribution in [0, 0.1) is 6.92 Å². The highest BCUT2D eigenvalue weighted by Crippen LogP contribution is 2.03. The zero-order chi connectivity index (χ0) is 8.65. The summed E-state index contributed by atoms with van der Waals surface area (Å²) in [6.07, 6.45) is 5.03. The van der Waals surface area contributed by atoms with Crippen LogP contribution in [0.1, 0.15) is 25.7 Å². The first-order valence-electron chi connectivity index (χ1n) is 5.03. The van der Waals surface area contributed by atoms with Crippen LogP contribution in [-0.2, 0) is 4.74 Å². The van der Waals surface area contributed by atoms with Crippen LogP contribution < -0.4 is 0 Å². The first kappa shape index (κ1) is 10.0. The molecule has 0 atom stereocenters. The molecule has 2 nitrogen and oxygen atoms in total. The summed E-state index contributed by atoms with van der Waals surface area (Å²) < 4.78 is 5.28. The summed E-state index contributed by atoms with van der Waals surface area (Å²) in [4.78, 5) is 2.49. The molecule has 0 aliphatic carbocycles. The highest BCUT2D eigenvalue weighted by Gasteiger charge is 2.08. The molecule has 1 aliphatic heterocycles. The van der Waals surface area contributed by atoms with E-state index >= 15 is 0 Å². The predicted octanol–water partition coefficient (Wildman–Crippen LogP) is 1.71. The van der Waals surface area contributed by atoms with E-state index < -0.39 is 0 Å². The number of rotatable bonds is 5. The number of unbranched alkanes of at least 4 members (excludes halogenated alkanes) is 3. The van der Waals surface area contributed by atoms with Crippen molar-refractivity contribution in [1.29, 1.82) is 0 Å². The fraction of sp³-hybridized carbons (Fsp3) is 0.900. The lowest BCUT2D eigenvalue weighted by molar-refractivity contribution is 0.0371. The Morgan fingerprint density at radius 3 is 2.50 bits per heavy atom. The monoisotopic (exact) mass is 170 g/mol. The SMILES string of the molecule is [CH2]CCCCCN1CCOCC1. The minimum Gasteiger partial charge on any atom is -0.379 e. The molecule has 0 spiro atoms. The molecule has 71 valence electrons. The van der Waals surface area contributed by atoms with Gasteiger partial charge in [-0.25, -0.2) is 0 Å². The minimum absolute atomic E-state index is 0.926. The molecule has 12 heavy (non-hydrogen) atoms. The molecule has 2 heteroatoms. The molecule has 1 heterocycles. The molecule has 1 fully saturated rings. The lowest BCUT2D eigenvalue weighted by Crippen LogP contribution is -2.36. The largest absolute Gasteiger partial charge is 0.379 e. The van der Waals surface area contributed by atoms with Crippen molar-refractivity contribution >= 4 is 0 Å². The number of hydrogen-bond donors (Lipinski definition) is 0. The number of ether oxygens (including phenoxy) is 1. The summed E-state index contributed by atoms with van der Waals surface area (Å²) in [6, 6.07) is 0. The molecular weight excluding hydrogens is 150 g/mol. The summed E-state index contributed by atoms with van der Waals surface area (Å²) in [5, 5.41) is 0. The van der Waals surface area contributed by atoms with Crippen LogP contribution in [0.3, 0.4) is 0 Å². The van der Waals surface area contributed by atoms with Crippen LogP contribution in [-0.4, -0.2) is 37.7 Å². The zero-order valence-corrected chi connectivity index (χ0v) is 7.93. The molecule has 0 aromatic rings. The van der Waals surface area contributed by atoms with Crippen LogP contribution >= 0.6 is 0 Å². The van der Waals surface area contributed by atoms with Crippen molar-refractivity contribution in [1.82, 2.24) is 4.90 Å². The number of morpholine rings is 1. The highest BCUT2D eigenvalue weighted by molar-refractivity contribution is 4.61. The van der Waals surface area contributed by atoms with Gasteiger partial charge in [0.25, 0.3) is 0 Å². The molecule has 1 rings (SSSR count). The van der Waals surface area contributed by atoms with Crippen LogP contribution in [0.4, 0.5) is 0 Å². The molecule has 0 bridgehead atoms. The molecule has 1 saturated heterocycles. The summed E-state index contributed by atoms with van der Waals surface area (Å²) in [6.45, 7) is 9.20. The van der Waals surface area contributed by atoms with Gasteiger partial charge in [0.2, 0.25) is 0 Å². The molecule has 0 amide bonds. The van der Waals surface area contributed by atoms with Gasteiger partial charge >= 0.3 is 0 Å². The number of nitrogens with zero attached hydrogens (tertiary/aromatic N) is 1. The Morgan fingerprint density at radius 1 is 1.08 bits per heavy atom. The summed E-state index contributed by atoms with van der Waals surface area (Å²) in [5.41, 5.74) is 0. The first-order valence-corrected chi connectivity index (χ1v) is 5.03. The van der Waals surface area contributed by atoms with Crippen molar-refractivity contribution in [2.45, 2.75) is 25.7 Å². The van der Waals surface area contributed by atoms with Crippen molar-refractivity contribution in [3.63, 3.8) is 0 Å². The lowest BCUT2D eigenvalue weighted by atomic mass is 10.2. The van der Waals surface area contributed by atoms with Crippen LogP contribution in [0.2, 0.25) is 0 Å². The van der Waals surface area contributed by atoms with Gasteiger partial charge in [-0.05, 0) is 13.0 Å². The predicted molar refractivity (Wildman–Crippen MR) is 51.1 cm³/mol. The topological polar surface area (TPSA) is 12.5 Å². The Bertz CT molecular complexity index is 100. The fourth-order valence-electron chi connectivity index (χ4n) is 1.51. The summed E-state index contributed by atoms with van der Waals surface area (Å²) in [5.74, 6) is 0. The molecule has 1 aliphatic rings. The van der Waals surface area contributed by atoms with Crippen molar-refractivity contribution in [2.75, 3.05) is 32.8 Å². The van der Waals surface area contributed by atoms with Gasteiger partial charge in [0.05, 0.1) is 13.2 Å². The van der Waals surface area contributed by atoms with E-state index in [1.165, 1.54) is 25.8 Å². The second-order valence-corrected chi connectivity index (χ2v) is 3.37. The van der Waals surface area contributed by atoms with Crippen molar-refractivity contribution in [3.8, 4) is 0 Å². The first-order chi connectivity index (χ1) is 5.93. The van der Waals surface area contributed by atoms with Crippen molar-refractivity contribution in [3.05, 3.63) is 6.92 Å². The maximum absolute atomic E-state index is 5.28. The standard InChI is InChI=1S/C10H20NO/c1-2-3-4-5-6-11-7-9-12-10-8-11/h1-10H2. The van der Waals surface area contributed by atoms with E-state index in [1.54, 1.807) is 0 Å². The average molecular weight is 170 g/mol. The third-order valence-electron chi connectivity index (χ3n) is 2.33. The fourth-order valence-corrected chi connectivity index (χ4v) is 1.51. The summed E-state index contributed by atoms with van der Waals surface area (Å²) in [7, 11) is 0. The smallest absolute Gasteiger partial charge is 0.0594 e. The molecule has 0 saturated carbocycles. The normalized spacial score (nSPS) is 19.8. The third-order valence-corrected chi connectivity index (χ3v) is 2.33. The molecule has 1 radical (unpaired) electrons. The van der Waals surface area contributed by atoms with Gasteiger partial charge in [-0.3, -0.25) is 4.90 Å². The number of hydrogen-bond acceptors (Lipinski definition) is 2. The van der Waals surface area contributed by atoms with Crippen LogP contribution in [0.15, 0.2) is 0 Å². The Hall–Kier alpha value is -0.0800. The quantitative estimate of drug-likeness (QED) is 0.582. The maximum Gasteiger partial charge on any atom is 0.0594 e. The van der Waals surface area contributed by atoms with Crippen LogP contribution in [0.5, 0.6) is 0 Å².